The smallest absolute Gasteiger partial charge is 0.220 e. The summed E-state index contributed by atoms with van der Waals surface area (Å²) in [6.45, 7) is 2.42. The van der Waals surface area contributed by atoms with Crippen LogP contribution in [0, 0.1) is 5.82 Å². The maximum atomic E-state index is 13.3. The first-order chi connectivity index (χ1) is 7.59. The summed E-state index contributed by atoms with van der Waals surface area (Å²) < 4.78 is 13.3. The molecule has 86 valence electrons. The molecule has 16 heavy (non-hydrogen) atoms. The zero-order valence-electron chi connectivity index (χ0n) is 9.09. The van der Waals surface area contributed by atoms with Gasteiger partial charge in [-0.15, -0.1) is 0 Å². The molecule has 0 unspecified atom stereocenters. The number of hydrogen-bond donors (Lipinski definition) is 2. The predicted molar refractivity (Wildman–Crippen MR) is 58.5 cm³/mol. The number of nitrogens with one attached hydrogen (secondary N) is 2. The molecule has 1 amide bonds. The van der Waals surface area contributed by atoms with Gasteiger partial charge in [0.25, 0.3) is 0 Å². The second-order valence-electron chi connectivity index (χ2n) is 4.30. The van der Waals surface area contributed by atoms with Crippen LogP contribution in [0.25, 0.3) is 0 Å². The first-order valence-corrected chi connectivity index (χ1v) is 5.24. The molecule has 5 heteroatoms. The highest BCUT2D eigenvalue weighted by Crippen LogP contribution is 2.20. The van der Waals surface area contributed by atoms with E-state index in [1.165, 1.54) is 12.3 Å². The minimum Gasteiger partial charge on any atom is -0.365 e. The van der Waals surface area contributed by atoms with Crippen molar-refractivity contribution in [1.82, 2.24) is 10.3 Å². The standard InChI is InChI=1S/C11H14FN3O/c1-11(5-4-9(16)15-11)7-14-10-8(12)3-2-6-13-10/h2-3,6H,4-5,7H2,1H3,(H,13,14)(H,15,16)/t11-/m1/s1. The molecule has 0 bridgehead atoms. The fourth-order valence-corrected chi connectivity index (χ4v) is 1.78. The third kappa shape index (κ3) is 2.29. The number of halogens is 1. The first kappa shape index (κ1) is 10.9. The van der Waals surface area contributed by atoms with E-state index in [-0.39, 0.29) is 23.1 Å². The zero-order chi connectivity index (χ0) is 11.6. The van der Waals surface area contributed by atoms with E-state index in [9.17, 15) is 9.18 Å². The molecule has 1 fully saturated rings. The number of nitrogens with zero attached hydrogens (tertiary/aromatic N) is 1. The topological polar surface area (TPSA) is 54.0 Å². The van der Waals surface area contributed by atoms with Crippen LogP contribution in [0.5, 0.6) is 0 Å². The minimum atomic E-state index is -0.379. The zero-order valence-corrected chi connectivity index (χ0v) is 9.09. The Morgan fingerprint density at radius 2 is 2.50 bits per heavy atom. The number of carbonyl (C=O) groups is 1. The van der Waals surface area contributed by atoms with E-state index in [4.69, 9.17) is 0 Å². The molecular formula is C11H14FN3O. The Labute approximate surface area is 93.3 Å². The predicted octanol–water partition coefficient (Wildman–Crippen LogP) is 1.30. The normalized spacial score (nSPS) is 24.2. The Bertz CT molecular complexity index is 410. The highest BCUT2D eigenvalue weighted by Gasteiger charge is 2.32. The van der Waals surface area contributed by atoms with Gasteiger partial charge in [0.05, 0.1) is 5.54 Å². The van der Waals surface area contributed by atoms with E-state index in [1.807, 2.05) is 6.92 Å². The van der Waals surface area contributed by atoms with Crippen LogP contribution in [-0.4, -0.2) is 23.0 Å². The second kappa shape index (κ2) is 4.08. The van der Waals surface area contributed by atoms with Gasteiger partial charge in [-0.1, -0.05) is 0 Å². The van der Waals surface area contributed by atoms with Crippen LogP contribution in [0.1, 0.15) is 19.8 Å². The quantitative estimate of drug-likeness (QED) is 0.812. The number of hydrogen-bond acceptors (Lipinski definition) is 3. The largest absolute Gasteiger partial charge is 0.365 e. The third-order valence-corrected chi connectivity index (χ3v) is 2.75. The number of anilines is 1. The molecular weight excluding hydrogens is 209 g/mol. The maximum absolute atomic E-state index is 13.3. The minimum absolute atomic E-state index is 0.0470. The number of rotatable bonds is 3. The summed E-state index contributed by atoms with van der Waals surface area (Å²) in [6.07, 6.45) is 2.82. The van der Waals surface area contributed by atoms with E-state index < -0.39 is 0 Å². The van der Waals surface area contributed by atoms with Gasteiger partial charge < -0.3 is 10.6 Å². The van der Waals surface area contributed by atoms with Crippen LogP contribution in [0.4, 0.5) is 10.2 Å². The lowest BCUT2D eigenvalue weighted by Gasteiger charge is -2.24. The molecule has 2 heterocycles. The van der Waals surface area contributed by atoms with Crippen LogP contribution in [0.15, 0.2) is 18.3 Å². The van der Waals surface area contributed by atoms with Crippen molar-refractivity contribution < 1.29 is 9.18 Å². The number of aromatic nitrogens is 1. The molecule has 1 aliphatic heterocycles. The van der Waals surface area contributed by atoms with Gasteiger partial charge in [0.15, 0.2) is 11.6 Å². The summed E-state index contributed by atoms with van der Waals surface area (Å²) in [5, 5.41) is 5.78. The Kier molecular flexibility index (Phi) is 2.77. The van der Waals surface area contributed by atoms with Gasteiger partial charge in [0.2, 0.25) is 5.91 Å². The van der Waals surface area contributed by atoms with Crippen molar-refractivity contribution in [2.75, 3.05) is 11.9 Å². The van der Waals surface area contributed by atoms with E-state index in [0.29, 0.717) is 13.0 Å². The first-order valence-electron chi connectivity index (χ1n) is 5.24. The van der Waals surface area contributed by atoms with Gasteiger partial charge in [-0.3, -0.25) is 4.79 Å². The molecule has 0 aliphatic carbocycles. The molecule has 0 radical (unpaired) electrons. The van der Waals surface area contributed by atoms with Crippen LogP contribution in [0.3, 0.4) is 0 Å². The van der Waals surface area contributed by atoms with Gasteiger partial charge in [-0.05, 0) is 25.5 Å². The lowest BCUT2D eigenvalue weighted by Crippen LogP contribution is -2.44. The van der Waals surface area contributed by atoms with Gasteiger partial charge in [0.1, 0.15) is 0 Å². The number of amides is 1. The van der Waals surface area contributed by atoms with Crippen molar-refractivity contribution in [2.45, 2.75) is 25.3 Å². The van der Waals surface area contributed by atoms with Crippen LogP contribution in [0.2, 0.25) is 0 Å². The SMILES string of the molecule is C[C@]1(CNc2ncccc2F)CCC(=O)N1. The van der Waals surface area contributed by atoms with Crippen LogP contribution < -0.4 is 10.6 Å². The molecule has 2 N–H and O–H groups in total. The summed E-state index contributed by atoms with van der Waals surface area (Å²) in [4.78, 5) is 15.0. The number of pyridine rings is 1. The van der Waals surface area contributed by atoms with Crippen molar-refractivity contribution in [1.29, 1.82) is 0 Å². The Hall–Kier alpha value is -1.65. The van der Waals surface area contributed by atoms with E-state index in [2.05, 4.69) is 15.6 Å². The van der Waals surface area contributed by atoms with Crippen LogP contribution in [-0.2, 0) is 4.79 Å². The average molecular weight is 223 g/mol. The molecule has 0 saturated carbocycles. The molecule has 0 spiro atoms. The number of carbonyl (C=O) groups excluding carboxylic acids is 1. The van der Waals surface area contributed by atoms with E-state index in [1.54, 1.807) is 6.07 Å². The Balaban J connectivity index is 1.97. The fraction of sp³-hybridized carbons (Fsp3) is 0.455. The molecule has 4 nitrogen and oxygen atoms in total. The molecule has 2 rings (SSSR count). The van der Waals surface area contributed by atoms with Crippen molar-refractivity contribution in [3.8, 4) is 0 Å². The van der Waals surface area contributed by atoms with Crippen LogP contribution >= 0.6 is 0 Å². The molecule has 1 aliphatic rings. The molecule has 1 aromatic rings. The molecule has 1 aromatic heterocycles. The Morgan fingerprint density at radius 1 is 1.69 bits per heavy atom. The lowest BCUT2D eigenvalue weighted by molar-refractivity contribution is -0.119. The molecule has 1 atom stereocenters. The van der Waals surface area contributed by atoms with Gasteiger partial charge >= 0.3 is 0 Å². The Morgan fingerprint density at radius 3 is 3.12 bits per heavy atom. The van der Waals surface area contributed by atoms with Crippen molar-refractivity contribution in [3.05, 3.63) is 24.1 Å². The average Bonchev–Trinajstić information content (AvgIpc) is 2.58. The van der Waals surface area contributed by atoms with Gasteiger partial charge in [-0.2, -0.15) is 0 Å². The maximum Gasteiger partial charge on any atom is 0.220 e. The van der Waals surface area contributed by atoms with E-state index in [0.717, 1.165) is 6.42 Å². The second-order valence-corrected chi connectivity index (χ2v) is 4.30. The summed E-state index contributed by atoms with van der Waals surface area (Å²) in [5.41, 5.74) is -0.305. The molecule has 0 aromatic carbocycles. The summed E-state index contributed by atoms with van der Waals surface area (Å²) >= 11 is 0. The lowest BCUT2D eigenvalue weighted by atomic mass is 10.0. The monoisotopic (exact) mass is 223 g/mol. The van der Waals surface area contributed by atoms with E-state index >= 15 is 0 Å². The highest BCUT2D eigenvalue weighted by atomic mass is 19.1. The third-order valence-electron chi connectivity index (χ3n) is 2.75. The fourth-order valence-electron chi connectivity index (χ4n) is 1.78. The van der Waals surface area contributed by atoms with Crippen molar-refractivity contribution >= 4 is 11.7 Å². The molecule has 1 saturated heterocycles. The summed E-state index contributed by atoms with van der Waals surface area (Å²) in [5.74, 6) is -0.105. The van der Waals surface area contributed by atoms with Gasteiger partial charge in [0, 0.05) is 19.2 Å². The summed E-state index contributed by atoms with van der Waals surface area (Å²) in [7, 11) is 0. The van der Waals surface area contributed by atoms with Crippen molar-refractivity contribution in [2.24, 2.45) is 0 Å². The van der Waals surface area contributed by atoms with Crippen molar-refractivity contribution in [3.63, 3.8) is 0 Å². The summed E-state index contributed by atoms with van der Waals surface area (Å²) in [6, 6.07) is 2.89. The van der Waals surface area contributed by atoms with Gasteiger partial charge in [-0.25, -0.2) is 9.37 Å². The highest BCUT2D eigenvalue weighted by molar-refractivity contribution is 5.79.